The van der Waals surface area contributed by atoms with E-state index in [-0.39, 0.29) is 0 Å². The maximum atomic E-state index is 9.65. The van der Waals surface area contributed by atoms with Crippen LogP contribution in [0.3, 0.4) is 0 Å². The molecule has 1 aliphatic carbocycles. The molecule has 0 radical (unpaired) electrons. The van der Waals surface area contributed by atoms with Crippen LogP contribution in [0.2, 0.25) is 0 Å². The molecule has 1 N–H and O–H groups in total. The quantitative estimate of drug-likeness (QED) is 0.585. The lowest BCUT2D eigenvalue weighted by Crippen LogP contribution is -2.36. The van der Waals surface area contributed by atoms with Gasteiger partial charge in [-0.2, -0.15) is 0 Å². The van der Waals surface area contributed by atoms with Gasteiger partial charge in [-0.05, 0) is 19.9 Å². The van der Waals surface area contributed by atoms with Crippen LogP contribution in [0.25, 0.3) is 0 Å². The first kappa shape index (κ1) is 9.11. The lowest BCUT2D eigenvalue weighted by molar-refractivity contribution is 0.112. The molecule has 0 saturated heterocycles. The second-order valence-electron chi connectivity index (χ2n) is 2.95. The molecule has 0 aliphatic heterocycles. The van der Waals surface area contributed by atoms with E-state index in [2.05, 4.69) is 0 Å². The van der Waals surface area contributed by atoms with Crippen LogP contribution in [0.1, 0.15) is 13.8 Å². The van der Waals surface area contributed by atoms with E-state index in [1.807, 2.05) is 6.92 Å². The van der Waals surface area contributed by atoms with Crippen molar-refractivity contribution in [2.24, 2.45) is 0 Å². The summed E-state index contributed by atoms with van der Waals surface area (Å²) < 4.78 is 0. The van der Waals surface area contributed by atoms with Crippen LogP contribution in [0.5, 0.6) is 0 Å². The number of alkyl halides is 1. The Morgan fingerprint density at radius 2 is 2.18 bits per heavy atom. The molecule has 0 aromatic carbocycles. The highest BCUT2D eigenvalue weighted by Crippen LogP contribution is 2.33. The van der Waals surface area contributed by atoms with Crippen molar-refractivity contribution in [1.29, 1.82) is 0 Å². The van der Waals surface area contributed by atoms with E-state index in [0.717, 1.165) is 5.57 Å². The molecule has 1 nitrogen and oxygen atoms in total. The second kappa shape index (κ2) is 2.81. The highest BCUT2D eigenvalue weighted by atomic mass is 35.5. The topological polar surface area (TPSA) is 20.2 Å². The van der Waals surface area contributed by atoms with Gasteiger partial charge in [0, 0.05) is 0 Å². The van der Waals surface area contributed by atoms with Gasteiger partial charge in [-0.25, -0.2) is 0 Å². The Morgan fingerprint density at radius 3 is 2.64 bits per heavy atom. The first-order chi connectivity index (χ1) is 4.94. The van der Waals surface area contributed by atoms with Crippen molar-refractivity contribution < 1.29 is 5.11 Å². The van der Waals surface area contributed by atoms with E-state index < -0.39 is 11.0 Å². The molecular formula is C8H10Cl2O. The second-order valence-corrected chi connectivity index (χ2v) is 3.83. The summed E-state index contributed by atoms with van der Waals surface area (Å²) in [6, 6.07) is 0. The molecule has 11 heavy (non-hydrogen) atoms. The Kier molecular flexibility index (Phi) is 2.33. The molecule has 0 spiro atoms. The number of hydrogen-bond donors (Lipinski definition) is 1. The summed E-state index contributed by atoms with van der Waals surface area (Å²) in [5, 5.41) is 9.62. The zero-order chi connectivity index (χ0) is 8.65. The summed E-state index contributed by atoms with van der Waals surface area (Å²) in [7, 11) is 0. The summed E-state index contributed by atoms with van der Waals surface area (Å²) >= 11 is 11.6. The fourth-order valence-electron chi connectivity index (χ4n) is 0.919. The van der Waals surface area contributed by atoms with Gasteiger partial charge in [0.25, 0.3) is 0 Å². The summed E-state index contributed by atoms with van der Waals surface area (Å²) in [4.78, 5) is 0. The van der Waals surface area contributed by atoms with Crippen molar-refractivity contribution in [1.82, 2.24) is 0 Å². The van der Waals surface area contributed by atoms with Gasteiger partial charge in [-0.1, -0.05) is 23.3 Å². The largest absolute Gasteiger partial charge is 0.383 e. The Hall–Kier alpha value is 0.0200. The molecule has 0 aromatic rings. The molecular weight excluding hydrogens is 183 g/mol. The molecule has 0 fully saturated rings. The number of hydrogen-bond acceptors (Lipinski definition) is 1. The molecule has 0 aromatic heterocycles. The van der Waals surface area contributed by atoms with Crippen molar-refractivity contribution in [2.45, 2.75) is 24.8 Å². The zero-order valence-electron chi connectivity index (χ0n) is 6.44. The summed E-state index contributed by atoms with van der Waals surface area (Å²) in [5.41, 5.74) is -0.121. The molecule has 0 saturated carbocycles. The minimum absolute atomic E-state index is 0.400. The van der Waals surface area contributed by atoms with Gasteiger partial charge in [-0.15, -0.1) is 11.6 Å². The molecule has 1 rings (SSSR count). The minimum atomic E-state index is -1.11. The van der Waals surface area contributed by atoms with Crippen LogP contribution < -0.4 is 0 Å². The van der Waals surface area contributed by atoms with Gasteiger partial charge in [0.1, 0.15) is 5.60 Å². The van der Waals surface area contributed by atoms with Gasteiger partial charge in [0.05, 0.1) is 10.4 Å². The Morgan fingerprint density at radius 1 is 1.64 bits per heavy atom. The minimum Gasteiger partial charge on any atom is -0.383 e. The molecule has 0 amide bonds. The average Bonchev–Trinajstić information content (AvgIpc) is 1.84. The predicted molar refractivity (Wildman–Crippen MR) is 48.0 cm³/mol. The Bertz CT molecular complexity index is 228. The van der Waals surface area contributed by atoms with Gasteiger partial charge in [-0.3, -0.25) is 0 Å². The Balaban J connectivity index is 3.01. The maximum Gasteiger partial charge on any atom is 0.117 e. The fourth-order valence-corrected chi connectivity index (χ4v) is 1.58. The normalized spacial score (nSPS) is 38.1. The molecule has 1 aliphatic rings. The maximum absolute atomic E-state index is 9.65. The van der Waals surface area contributed by atoms with Crippen LogP contribution in [0, 0.1) is 0 Å². The average molecular weight is 193 g/mol. The van der Waals surface area contributed by atoms with E-state index >= 15 is 0 Å². The van der Waals surface area contributed by atoms with Crippen molar-refractivity contribution >= 4 is 23.2 Å². The van der Waals surface area contributed by atoms with E-state index in [0.29, 0.717) is 5.03 Å². The molecule has 2 unspecified atom stereocenters. The molecule has 3 heteroatoms. The highest BCUT2D eigenvalue weighted by Gasteiger charge is 2.34. The van der Waals surface area contributed by atoms with Crippen LogP contribution in [0.15, 0.2) is 22.8 Å². The molecule has 2 atom stereocenters. The predicted octanol–water partition coefficient (Wildman–Crippen LogP) is 2.43. The first-order valence-electron chi connectivity index (χ1n) is 3.37. The lowest BCUT2D eigenvalue weighted by Gasteiger charge is -2.29. The van der Waals surface area contributed by atoms with Crippen molar-refractivity contribution in [3.8, 4) is 0 Å². The third-order valence-corrected chi connectivity index (χ3v) is 2.83. The van der Waals surface area contributed by atoms with Gasteiger partial charge >= 0.3 is 0 Å². The Labute approximate surface area is 76.3 Å². The smallest absolute Gasteiger partial charge is 0.117 e. The summed E-state index contributed by atoms with van der Waals surface area (Å²) in [6.07, 6.45) is 3.51. The SMILES string of the molecule is CC1=CC(Cl)C(C)(O)C(Cl)=C1. The number of aliphatic hydroxyl groups is 1. The molecule has 0 heterocycles. The third kappa shape index (κ3) is 1.61. The third-order valence-electron chi connectivity index (χ3n) is 1.78. The van der Waals surface area contributed by atoms with E-state index in [9.17, 15) is 5.11 Å². The monoisotopic (exact) mass is 192 g/mol. The first-order valence-corrected chi connectivity index (χ1v) is 4.18. The fraction of sp³-hybridized carbons (Fsp3) is 0.500. The highest BCUT2D eigenvalue weighted by molar-refractivity contribution is 6.33. The van der Waals surface area contributed by atoms with Gasteiger partial charge < -0.3 is 5.11 Å². The van der Waals surface area contributed by atoms with E-state index in [4.69, 9.17) is 23.2 Å². The van der Waals surface area contributed by atoms with Crippen molar-refractivity contribution in [3.05, 3.63) is 22.8 Å². The van der Waals surface area contributed by atoms with E-state index in [1.54, 1.807) is 19.1 Å². The number of rotatable bonds is 0. The molecule has 62 valence electrons. The van der Waals surface area contributed by atoms with E-state index in [1.165, 1.54) is 0 Å². The van der Waals surface area contributed by atoms with Crippen LogP contribution in [-0.2, 0) is 0 Å². The number of halogens is 2. The summed E-state index contributed by atoms with van der Waals surface area (Å²) in [5.74, 6) is 0. The van der Waals surface area contributed by atoms with Gasteiger partial charge in [0.15, 0.2) is 0 Å². The van der Waals surface area contributed by atoms with Crippen LogP contribution >= 0.6 is 23.2 Å². The molecule has 0 bridgehead atoms. The van der Waals surface area contributed by atoms with Crippen LogP contribution in [-0.4, -0.2) is 16.1 Å². The zero-order valence-corrected chi connectivity index (χ0v) is 7.95. The standard InChI is InChI=1S/C8H10Cl2O/c1-5-3-6(9)8(2,11)7(10)4-5/h3-4,6,11H,1-2H3. The van der Waals surface area contributed by atoms with Crippen LogP contribution in [0.4, 0.5) is 0 Å². The number of allylic oxidation sites excluding steroid dienone is 2. The van der Waals surface area contributed by atoms with Gasteiger partial charge in [0.2, 0.25) is 0 Å². The van der Waals surface area contributed by atoms with Crippen molar-refractivity contribution in [2.75, 3.05) is 0 Å². The lowest BCUT2D eigenvalue weighted by atomic mass is 9.94. The van der Waals surface area contributed by atoms with Crippen molar-refractivity contribution in [3.63, 3.8) is 0 Å². The summed E-state index contributed by atoms with van der Waals surface area (Å²) in [6.45, 7) is 3.50.